The predicted molar refractivity (Wildman–Crippen MR) is 75.5 cm³/mol. The van der Waals surface area contributed by atoms with Crippen LogP contribution in [-0.4, -0.2) is 42.9 Å². The molecule has 19 heavy (non-hydrogen) atoms. The van der Waals surface area contributed by atoms with Gasteiger partial charge in [-0.3, -0.25) is 9.59 Å². The topological polar surface area (TPSA) is 75.4 Å². The molecule has 0 aromatic rings. The molecular weight excluding hydrogens is 242 g/mol. The summed E-state index contributed by atoms with van der Waals surface area (Å²) in [5, 5.41) is 2.60. The first-order valence-corrected chi connectivity index (χ1v) is 7.12. The molecule has 0 spiro atoms. The van der Waals surface area contributed by atoms with E-state index in [-0.39, 0.29) is 23.3 Å². The fourth-order valence-corrected chi connectivity index (χ4v) is 2.71. The number of nitrogens with zero attached hydrogens (tertiary/aromatic N) is 1. The van der Waals surface area contributed by atoms with Crippen LogP contribution in [0, 0.1) is 5.92 Å². The lowest BCUT2D eigenvalue weighted by molar-refractivity contribution is -0.133. The molecule has 1 atom stereocenters. The van der Waals surface area contributed by atoms with Gasteiger partial charge in [0, 0.05) is 32.6 Å². The first-order chi connectivity index (χ1) is 8.88. The molecule has 5 heteroatoms. The van der Waals surface area contributed by atoms with Gasteiger partial charge >= 0.3 is 0 Å². The van der Waals surface area contributed by atoms with Gasteiger partial charge < -0.3 is 16.0 Å². The van der Waals surface area contributed by atoms with Crippen molar-refractivity contribution in [3.05, 3.63) is 0 Å². The van der Waals surface area contributed by atoms with E-state index < -0.39 is 0 Å². The average molecular weight is 269 g/mol. The number of rotatable bonds is 5. The molecule has 0 radical (unpaired) electrons. The van der Waals surface area contributed by atoms with E-state index in [1.54, 1.807) is 19.0 Å². The number of carbonyl (C=O) groups excluding carboxylic acids is 2. The minimum atomic E-state index is -0.333. The van der Waals surface area contributed by atoms with E-state index in [2.05, 4.69) is 5.32 Å². The normalized spacial score (nSPS) is 19.6. The predicted octanol–water partition coefficient (Wildman–Crippen LogP) is 0.879. The number of carbonyl (C=O) groups is 2. The molecule has 2 amide bonds. The molecule has 1 unspecified atom stereocenters. The standard InChI is InChI=1S/C14H27N3O2/c1-11(13(19)16-2)10-17(3)12(18)9-14(15)7-5-4-6-8-14/h11H,4-10,15H2,1-3H3,(H,16,19). The molecular formula is C14H27N3O2. The van der Waals surface area contributed by atoms with Crippen LogP contribution < -0.4 is 11.1 Å². The lowest BCUT2D eigenvalue weighted by Gasteiger charge is -2.34. The average Bonchev–Trinajstić information content (AvgIpc) is 2.37. The van der Waals surface area contributed by atoms with Crippen LogP contribution in [0.15, 0.2) is 0 Å². The summed E-state index contributed by atoms with van der Waals surface area (Å²) in [5.74, 6) is -0.195. The van der Waals surface area contributed by atoms with Gasteiger partial charge in [-0.15, -0.1) is 0 Å². The highest BCUT2D eigenvalue weighted by molar-refractivity contribution is 5.80. The van der Waals surface area contributed by atoms with Gasteiger partial charge in [-0.25, -0.2) is 0 Å². The molecule has 1 rings (SSSR count). The fraction of sp³-hybridized carbons (Fsp3) is 0.857. The number of nitrogens with two attached hydrogens (primary N) is 1. The number of amides is 2. The molecule has 0 bridgehead atoms. The lowest BCUT2D eigenvalue weighted by Crippen LogP contribution is -2.47. The Hall–Kier alpha value is -1.10. The van der Waals surface area contributed by atoms with Crippen molar-refractivity contribution in [2.75, 3.05) is 20.6 Å². The van der Waals surface area contributed by atoms with E-state index in [1.807, 2.05) is 6.92 Å². The zero-order chi connectivity index (χ0) is 14.5. The number of nitrogens with one attached hydrogen (secondary N) is 1. The Bertz CT molecular complexity index is 325. The van der Waals surface area contributed by atoms with Gasteiger partial charge in [0.1, 0.15) is 0 Å². The first-order valence-electron chi connectivity index (χ1n) is 7.12. The van der Waals surface area contributed by atoms with Gasteiger partial charge in [0.25, 0.3) is 0 Å². The van der Waals surface area contributed by atoms with Crippen molar-refractivity contribution in [3.8, 4) is 0 Å². The Morgan fingerprint density at radius 1 is 1.32 bits per heavy atom. The van der Waals surface area contributed by atoms with Crippen molar-refractivity contribution in [3.63, 3.8) is 0 Å². The van der Waals surface area contributed by atoms with Gasteiger partial charge in [0.15, 0.2) is 0 Å². The molecule has 1 aliphatic carbocycles. The molecule has 110 valence electrons. The minimum absolute atomic E-state index is 0.0418. The lowest BCUT2D eigenvalue weighted by atomic mass is 9.80. The van der Waals surface area contributed by atoms with E-state index in [1.165, 1.54) is 6.42 Å². The first kappa shape index (κ1) is 16.0. The van der Waals surface area contributed by atoms with E-state index in [9.17, 15) is 9.59 Å². The van der Waals surface area contributed by atoms with Gasteiger partial charge in [-0.2, -0.15) is 0 Å². The van der Waals surface area contributed by atoms with Gasteiger partial charge in [0.2, 0.25) is 11.8 Å². The van der Waals surface area contributed by atoms with E-state index in [0.29, 0.717) is 13.0 Å². The molecule has 0 saturated heterocycles. The molecule has 1 saturated carbocycles. The SMILES string of the molecule is CNC(=O)C(C)CN(C)C(=O)CC1(N)CCCCC1. The van der Waals surface area contributed by atoms with Gasteiger partial charge in [0.05, 0.1) is 5.92 Å². The van der Waals surface area contributed by atoms with Crippen molar-refractivity contribution >= 4 is 11.8 Å². The van der Waals surface area contributed by atoms with Crippen LogP contribution >= 0.6 is 0 Å². The Kier molecular flexibility index (Phi) is 5.79. The van der Waals surface area contributed by atoms with Crippen LogP contribution in [0.5, 0.6) is 0 Å². The van der Waals surface area contributed by atoms with Crippen molar-refractivity contribution in [2.45, 2.75) is 51.0 Å². The third kappa shape index (κ3) is 4.82. The Balaban J connectivity index is 2.46. The van der Waals surface area contributed by atoms with Crippen molar-refractivity contribution in [2.24, 2.45) is 11.7 Å². The van der Waals surface area contributed by atoms with Crippen LogP contribution in [0.1, 0.15) is 45.4 Å². The number of hydrogen-bond donors (Lipinski definition) is 2. The highest BCUT2D eigenvalue weighted by Crippen LogP contribution is 2.29. The zero-order valence-electron chi connectivity index (χ0n) is 12.4. The summed E-state index contributed by atoms with van der Waals surface area (Å²) in [6.45, 7) is 2.26. The quantitative estimate of drug-likeness (QED) is 0.778. The largest absolute Gasteiger partial charge is 0.359 e. The fourth-order valence-electron chi connectivity index (χ4n) is 2.71. The summed E-state index contributed by atoms with van der Waals surface area (Å²) in [4.78, 5) is 25.3. The van der Waals surface area contributed by atoms with Crippen LogP contribution in [0.2, 0.25) is 0 Å². The zero-order valence-corrected chi connectivity index (χ0v) is 12.4. The molecule has 0 aliphatic heterocycles. The Morgan fingerprint density at radius 2 is 1.89 bits per heavy atom. The van der Waals surface area contributed by atoms with E-state index in [0.717, 1.165) is 25.7 Å². The van der Waals surface area contributed by atoms with Crippen LogP contribution in [-0.2, 0) is 9.59 Å². The molecule has 3 N–H and O–H groups in total. The summed E-state index contributed by atoms with van der Waals surface area (Å²) in [5.41, 5.74) is 5.95. The summed E-state index contributed by atoms with van der Waals surface area (Å²) in [7, 11) is 3.35. The maximum Gasteiger partial charge on any atom is 0.224 e. The molecule has 1 fully saturated rings. The number of hydrogen-bond acceptors (Lipinski definition) is 3. The summed E-state index contributed by atoms with van der Waals surface area (Å²) in [6.07, 6.45) is 5.69. The third-order valence-electron chi connectivity index (χ3n) is 4.02. The van der Waals surface area contributed by atoms with E-state index in [4.69, 9.17) is 5.73 Å². The van der Waals surface area contributed by atoms with Crippen LogP contribution in [0.25, 0.3) is 0 Å². The van der Waals surface area contributed by atoms with Gasteiger partial charge in [-0.1, -0.05) is 26.2 Å². The second kappa shape index (κ2) is 6.89. The molecule has 1 aliphatic rings. The summed E-state index contributed by atoms with van der Waals surface area (Å²) >= 11 is 0. The monoisotopic (exact) mass is 269 g/mol. The highest BCUT2D eigenvalue weighted by atomic mass is 16.2. The van der Waals surface area contributed by atoms with Gasteiger partial charge in [-0.05, 0) is 12.8 Å². The van der Waals surface area contributed by atoms with Crippen molar-refractivity contribution in [1.82, 2.24) is 10.2 Å². The van der Waals surface area contributed by atoms with E-state index >= 15 is 0 Å². The molecule has 0 heterocycles. The molecule has 5 nitrogen and oxygen atoms in total. The highest BCUT2D eigenvalue weighted by Gasteiger charge is 2.31. The smallest absolute Gasteiger partial charge is 0.224 e. The van der Waals surface area contributed by atoms with Crippen LogP contribution in [0.4, 0.5) is 0 Å². The second-order valence-corrected chi connectivity index (χ2v) is 5.89. The minimum Gasteiger partial charge on any atom is -0.359 e. The van der Waals surface area contributed by atoms with Crippen LogP contribution in [0.3, 0.4) is 0 Å². The van der Waals surface area contributed by atoms with Crippen molar-refractivity contribution in [1.29, 1.82) is 0 Å². The third-order valence-corrected chi connectivity index (χ3v) is 4.02. The Morgan fingerprint density at radius 3 is 2.42 bits per heavy atom. The molecule has 0 aromatic heterocycles. The summed E-state index contributed by atoms with van der Waals surface area (Å²) < 4.78 is 0. The summed E-state index contributed by atoms with van der Waals surface area (Å²) in [6, 6.07) is 0. The molecule has 0 aromatic carbocycles. The Labute approximate surface area is 115 Å². The van der Waals surface area contributed by atoms with Crippen molar-refractivity contribution < 1.29 is 9.59 Å². The second-order valence-electron chi connectivity index (χ2n) is 5.89. The maximum absolute atomic E-state index is 12.2. The maximum atomic E-state index is 12.2.